The number of nitrogens with one attached hydrogen (secondary N) is 1. The van der Waals surface area contributed by atoms with E-state index in [0.717, 1.165) is 29.1 Å². The van der Waals surface area contributed by atoms with Gasteiger partial charge in [-0.05, 0) is 12.1 Å². The molecule has 0 saturated carbocycles. The highest BCUT2D eigenvalue weighted by molar-refractivity contribution is 6.41. The molecule has 1 amide bonds. The molecule has 0 radical (unpaired) electrons. The van der Waals surface area contributed by atoms with Gasteiger partial charge in [0.15, 0.2) is 0 Å². The van der Waals surface area contributed by atoms with Crippen LogP contribution < -0.4 is 10.9 Å². The van der Waals surface area contributed by atoms with Crippen LogP contribution in [0.5, 0.6) is 0 Å². The minimum absolute atomic E-state index is 0.0570. The summed E-state index contributed by atoms with van der Waals surface area (Å²) in [5.41, 5.74) is -1.39. The predicted molar refractivity (Wildman–Crippen MR) is 73.5 cm³/mol. The maximum Gasteiger partial charge on any atom is 0.287 e. The van der Waals surface area contributed by atoms with Gasteiger partial charge >= 0.3 is 0 Å². The molecule has 0 atom stereocenters. The van der Waals surface area contributed by atoms with Crippen LogP contribution in [0.15, 0.2) is 29.2 Å². The summed E-state index contributed by atoms with van der Waals surface area (Å²) in [7, 11) is 0. The van der Waals surface area contributed by atoms with Crippen molar-refractivity contribution in [3.05, 3.63) is 56.4 Å². The maximum absolute atomic E-state index is 13.4. The number of carbonyl (C=O) groups excluding carboxylic acids is 1. The standard InChI is InChI=1S/C12H7Cl2F2N3O2/c13-6-4-17-19(12(21)10(6)14)5-9(20)18-11-7(15)2-1-3-8(11)16/h1-4H,5H2,(H,18,20). The molecule has 0 fully saturated rings. The van der Waals surface area contributed by atoms with Crippen molar-refractivity contribution in [2.45, 2.75) is 6.54 Å². The van der Waals surface area contributed by atoms with Crippen molar-refractivity contribution in [3.8, 4) is 0 Å². The van der Waals surface area contributed by atoms with Gasteiger partial charge in [-0.15, -0.1) is 0 Å². The number of amides is 1. The molecular formula is C12H7Cl2F2N3O2. The van der Waals surface area contributed by atoms with Crippen molar-refractivity contribution < 1.29 is 13.6 Å². The molecule has 1 aromatic heterocycles. The number of hydrogen-bond acceptors (Lipinski definition) is 3. The molecule has 0 saturated heterocycles. The Morgan fingerprint density at radius 2 is 1.90 bits per heavy atom. The summed E-state index contributed by atoms with van der Waals surface area (Å²) in [5.74, 6) is -2.71. The van der Waals surface area contributed by atoms with Gasteiger partial charge in [0.05, 0.1) is 11.2 Å². The lowest BCUT2D eigenvalue weighted by molar-refractivity contribution is -0.117. The summed E-state index contributed by atoms with van der Waals surface area (Å²) in [5, 5.41) is 5.28. The molecule has 1 aromatic carbocycles. The summed E-state index contributed by atoms with van der Waals surface area (Å²) in [6.45, 7) is -0.566. The number of halogens is 4. The van der Waals surface area contributed by atoms with E-state index in [2.05, 4.69) is 5.10 Å². The maximum atomic E-state index is 13.4. The van der Waals surface area contributed by atoms with Crippen molar-refractivity contribution in [2.75, 3.05) is 5.32 Å². The smallest absolute Gasteiger partial charge is 0.287 e. The Morgan fingerprint density at radius 3 is 2.52 bits per heavy atom. The van der Waals surface area contributed by atoms with Crippen LogP contribution in [0.4, 0.5) is 14.5 Å². The van der Waals surface area contributed by atoms with E-state index in [1.165, 1.54) is 0 Å². The summed E-state index contributed by atoms with van der Waals surface area (Å²) in [4.78, 5) is 23.4. The van der Waals surface area contributed by atoms with Gasteiger partial charge in [-0.1, -0.05) is 29.3 Å². The zero-order chi connectivity index (χ0) is 15.6. The molecule has 1 N–H and O–H groups in total. The molecule has 5 nitrogen and oxygen atoms in total. The number of benzene rings is 1. The quantitative estimate of drug-likeness (QED) is 0.938. The van der Waals surface area contributed by atoms with Gasteiger partial charge in [-0.2, -0.15) is 5.10 Å². The first-order valence-electron chi connectivity index (χ1n) is 5.55. The first-order valence-corrected chi connectivity index (χ1v) is 6.30. The van der Waals surface area contributed by atoms with Crippen LogP contribution >= 0.6 is 23.2 Å². The second-order valence-electron chi connectivity index (χ2n) is 3.91. The van der Waals surface area contributed by atoms with Crippen LogP contribution in [0.3, 0.4) is 0 Å². The van der Waals surface area contributed by atoms with E-state index < -0.39 is 35.3 Å². The lowest BCUT2D eigenvalue weighted by Crippen LogP contribution is -2.30. The molecule has 110 valence electrons. The first-order chi connectivity index (χ1) is 9.90. The molecule has 0 aliphatic rings. The largest absolute Gasteiger partial charge is 0.320 e. The molecule has 0 aliphatic carbocycles. The summed E-state index contributed by atoms with van der Waals surface area (Å²) < 4.78 is 27.5. The second-order valence-corrected chi connectivity index (χ2v) is 4.70. The van der Waals surface area contributed by atoms with E-state index in [9.17, 15) is 18.4 Å². The predicted octanol–water partition coefficient (Wildman–Crippen LogP) is 2.47. The molecule has 0 bridgehead atoms. The molecule has 0 spiro atoms. The minimum Gasteiger partial charge on any atom is -0.320 e. The third-order valence-electron chi connectivity index (χ3n) is 2.46. The molecular weight excluding hydrogens is 327 g/mol. The Kier molecular flexibility index (Phi) is 4.54. The van der Waals surface area contributed by atoms with Crippen LogP contribution in [-0.4, -0.2) is 15.7 Å². The highest BCUT2D eigenvalue weighted by atomic mass is 35.5. The molecule has 0 unspecified atom stereocenters. The molecule has 21 heavy (non-hydrogen) atoms. The highest BCUT2D eigenvalue weighted by Gasteiger charge is 2.14. The van der Waals surface area contributed by atoms with Crippen molar-refractivity contribution in [3.63, 3.8) is 0 Å². The Bertz CT molecular complexity index is 744. The fraction of sp³-hybridized carbons (Fsp3) is 0.0833. The van der Waals surface area contributed by atoms with Crippen LogP contribution in [0, 0.1) is 11.6 Å². The summed E-state index contributed by atoms with van der Waals surface area (Å²) >= 11 is 11.2. The van der Waals surface area contributed by atoms with Gasteiger partial charge in [0.1, 0.15) is 28.9 Å². The molecule has 2 rings (SSSR count). The minimum atomic E-state index is -0.933. The second kappa shape index (κ2) is 6.19. The zero-order valence-corrected chi connectivity index (χ0v) is 11.8. The van der Waals surface area contributed by atoms with E-state index in [4.69, 9.17) is 23.2 Å². The lowest BCUT2D eigenvalue weighted by Gasteiger charge is -2.08. The van der Waals surface area contributed by atoms with Gasteiger partial charge in [0, 0.05) is 0 Å². The van der Waals surface area contributed by atoms with E-state index in [1.807, 2.05) is 5.32 Å². The number of para-hydroxylation sites is 1. The van der Waals surface area contributed by atoms with Crippen molar-refractivity contribution in [1.29, 1.82) is 0 Å². The Morgan fingerprint density at radius 1 is 1.29 bits per heavy atom. The topological polar surface area (TPSA) is 64.0 Å². The lowest BCUT2D eigenvalue weighted by atomic mass is 10.3. The fourth-order valence-electron chi connectivity index (χ4n) is 1.49. The number of aromatic nitrogens is 2. The van der Waals surface area contributed by atoms with Gasteiger partial charge in [0.2, 0.25) is 5.91 Å². The van der Waals surface area contributed by atoms with Gasteiger partial charge < -0.3 is 5.32 Å². The third kappa shape index (κ3) is 3.37. The van der Waals surface area contributed by atoms with Gasteiger partial charge in [-0.25, -0.2) is 13.5 Å². The van der Waals surface area contributed by atoms with Gasteiger partial charge in [-0.3, -0.25) is 9.59 Å². The average Bonchev–Trinajstić information content (AvgIpc) is 2.44. The van der Waals surface area contributed by atoms with Crippen LogP contribution in [0.25, 0.3) is 0 Å². The first kappa shape index (κ1) is 15.4. The third-order valence-corrected chi connectivity index (χ3v) is 3.21. The number of nitrogens with zero attached hydrogens (tertiary/aromatic N) is 2. The summed E-state index contributed by atoms with van der Waals surface area (Å²) in [6, 6.07) is 3.13. The van der Waals surface area contributed by atoms with E-state index in [-0.39, 0.29) is 10.0 Å². The number of carbonyl (C=O) groups is 1. The molecule has 2 aromatic rings. The van der Waals surface area contributed by atoms with Gasteiger partial charge in [0.25, 0.3) is 5.56 Å². The van der Waals surface area contributed by atoms with Crippen molar-refractivity contribution in [1.82, 2.24) is 9.78 Å². The number of hydrogen-bond donors (Lipinski definition) is 1. The number of rotatable bonds is 3. The van der Waals surface area contributed by atoms with Crippen LogP contribution in [0.1, 0.15) is 0 Å². The summed E-state index contributed by atoms with van der Waals surface area (Å²) in [6.07, 6.45) is 1.09. The van der Waals surface area contributed by atoms with Crippen molar-refractivity contribution >= 4 is 34.8 Å². The molecule has 0 aliphatic heterocycles. The Hall–Kier alpha value is -1.99. The van der Waals surface area contributed by atoms with E-state index in [0.29, 0.717) is 0 Å². The number of anilines is 1. The van der Waals surface area contributed by atoms with E-state index >= 15 is 0 Å². The monoisotopic (exact) mass is 333 g/mol. The van der Waals surface area contributed by atoms with E-state index in [1.54, 1.807) is 0 Å². The zero-order valence-electron chi connectivity index (χ0n) is 10.2. The van der Waals surface area contributed by atoms with Crippen LogP contribution in [0.2, 0.25) is 10.0 Å². The highest BCUT2D eigenvalue weighted by Crippen LogP contribution is 2.18. The Balaban J connectivity index is 2.20. The van der Waals surface area contributed by atoms with Crippen molar-refractivity contribution in [2.24, 2.45) is 0 Å². The fourth-order valence-corrected chi connectivity index (χ4v) is 1.76. The molecule has 9 heteroatoms. The molecule has 1 heterocycles. The van der Waals surface area contributed by atoms with Crippen LogP contribution in [-0.2, 0) is 11.3 Å². The normalized spacial score (nSPS) is 10.5. The SMILES string of the molecule is O=C(Cn1ncc(Cl)c(Cl)c1=O)Nc1c(F)cccc1F. The Labute approximate surface area is 127 Å². The average molecular weight is 334 g/mol.